The molecule has 0 bridgehead atoms. The third kappa shape index (κ3) is 3.12. The zero-order chi connectivity index (χ0) is 13.1. The summed E-state index contributed by atoms with van der Waals surface area (Å²) in [6.07, 6.45) is 3.87. The predicted octanol–water partition coefficient (Wildman–Crippen LogP) is 3.24. The van der Waals surface area contributed by atoms with Gasteiger partial charge in [0.05, 0.1) is 0 Å². The van der Waals surface area contributed by atoms with Gasteiger partial charge in [0.15, 0.2) is 0 Å². The fraction of sp³-hybridized carbons (Fsp3) is 0.714. The first-order chi connectivity index (χ1) is 8.63. The van der Waals surface area contributed by atoms with E-state index in [1.54, 1.807) is 0 Å². The van der Waals surface area contributed by atoms with Crippen LogP contribution in [0.2, 0.25) is 0 Å². The van der Waals surface area contributed by atoms with E-state index in [9.17, 15) is 0 Å². The molecule has 18 heavy (non-hydrogen) atoms. The maximum Gasteiger partial charge on any atom is 0.135 e. The minimum absolute atomic E-state index is 0.351. The molecule has 4 nitrogen and oxygen atoms in total. The van der Waals surface area contributed by atoms with Gasteiger partial charge in [-0.1, -0.05) is 27.2 Å². The number of nitrogens with zero attached hydrogens (tertiary/aromatic N) is 2. The molecule has 4 heteroatoms. The lowest BCUT2D eigenvalue weighted by Crippen LogP contribution is -2.10. The second-order valence-electron chi connectivity index (χ2n) is 5.44. The molecule has 0 amide bonds. The number of rotatable bonds is 6. The van der Waals surface area contributed by atoms with Crippen LogP contribution >= 0.6 is 0 Å². The summed E-state index contributed by atoms with van der Waals surface area (Å²) in [5.41, 5.74) is 0. The van der Waals surface area contributed by atoms with Crippen molar-refractivity contribution in [2.24, 2.45) is 5.92 Å². The highest BCUT2D eigenvalue weighted by Crippen LogP contribution is 2.37. The van der Waals surface area contributed by atoms with Gasteiger partial charge in [-0.3, -0.25) is 0 Å². The lowest BCUT2D eigenvalue weighted by Gasteiger charge is -2.11. The topological polar surface area (TPSA) is 49.8 Å². The van der Waals surface area contributed by atoms with E-state index in [-0.39, 0.29) is 0 Å². The van der Waals surface area contributed by atoms with Gasteiger partial charge >= 0.3 is 0 Å². The van der Waals surface area contributed by atoms with Crippen molar-refractivity contribution in [2.75, 3.05) is 17.7 Å². The average Bonchev–Trinajstić information content (AvgIpc) is 3.07. The quantitative estimate of drug-likeness (QED) is 0.811. The molecule has 1 aliphatic rings. The van der Waals surface area contributed by atoms with Crippen LogP contribution < -0.4 is 10.6 Å². The minimum Gasteiger partial charge on any atom is -0.373 e. The summed E-state index contributed by atoms with van der Waals surface area (Å²) in [6.45, 7) is 6.49. The van der Waals surface area contributed by atoms with Gasteiger partial charge in [0.1, 0.15) is 17.5 Å². The summed E-state index contributed by atoms with van der Waals surface area (Å²) in [4.78, 5) is 9.07. The SMILES string of the molecule is CCCC1CC1Nc1cc(NC)nc(C(C)C)n1. The molecular formula is C14H24N4. The Labute approximate surface area is 110 Å². The highest BCUT2D eigenvalue weighted by Gasteiger charge is 2.36. The Hall–Kier alpha value is -1.32. The van der Waals surface area contributed by atoms with E-state index in [2.05, 4.69) is 41.4 Å². The Morgan fingerprint density at radius 3 is 2.67 bits per heavy atom. The first-order valence-electron chi connectivity index (χ1n) is 6.97. The van der Waals surface area contributed by atoms with E-state index in [0.29, 0.717) is 12.0 Å². The molecule has 1 aliphatic carbocycles. The van der Waals surface area contributed by atoms with Crippen molar-refractivity contribution < 1.29 is 0 Å². The molecule has 1 aromatic heterocycles. The molecule has 0 spiro atoms. The van der Waals surface area contributed by atoms with Crippen molar-refractivity contribution in [3.8, 4) is 0 Å². The molecule has 2 rings (SSSR count). The number of anilines is 2. The van der Waals surface area contributed by atoms with Crippen LogP contribution in [0.25, 0.3) is 0 Å². The van der Waals surface area contributed by atoms with Crippen molar-refractivity contribution in [1.29, 1.82) is 0 Å². The molecule has 0 radical (unpaired) electrons. The Bertz CT molecular complexity index is 403. The molecular weight excluding hydrogens is 224 g/mol. The van der Waals surface area contributed by atoms with E-state index in [1.165, 1.54) is 19.3 Å². The van der Waals surface area contributed by atoms with Crippen LogP contribution in [-0.2, 0) is 0 Å². The standard InChI is InChI=1S/C14H24N4/c1-5-6-10-7-11(10)16-13-8-12(15-4)17-14(18-13)9(2)3/h8-11H,5-7H2,1-4H3,(H2,15,16,17,18). The summed E-state index contributed by atoms with van der Waals surface area (Å²) in [6, 6.07) is 2.61. The summed E-state index contributed by atoms with van der Waals surface area (Å²) in [5, 5.41) is 6.63. The van der Waals surface area contributed by atoms with Crippen molar-refractivity contribution in [3.05, 3.63) is 11.9 Å². The van der Waals surface area contributed by atoms with Crippen LogP contribution in [0.5, 0.6) is 0 Å². The third-order valence-corrected chi connectivity index (χ3v) is 3.43. The Morgan fingerprint density at radius 1 is 1.33 bits per heavy atom. The molecule has 1 saturated carbocycles. The van der Waals surface area contributed by atoms with E-state index in [4.69, 9.17) is 0 Å². The first kappa shape index (κ1) is 13.1. The maximum atomic E-state index is 4.59. The first-order valence-corrected chi connectivity index (χ1v) is 6.97. The normalized spacial score (nSPS) is 22.1. The van der Waals surface area contributed by atoms with E-state index >= 15 is 0 Å². The molecule has 2 N–H and O–H groups in total. The van der Waals surface area contributed by atoms with Gasteiger partial charge in [-0.15, -0.1) is 0 Å². The highest BCUT2D eigenvalue weighted by molar-refractivity contribution is 5.48. The summed E-state index contributed by atoms with van der Waals surface area (Å²) in [5.74, 6) is 3.94. The predicted molar refractivity (Wildman–Crippen MR) is 76.1 cm³/mol. The molecule has 2 unspecified atom stereocenters. The number of hydrogen-bond donors (Lipinski definition) is 2. The van der Waals surface area contributed by atoms with Crippen molar-refractivity contribution >= 4 is 11.6 Å². The maximum absolute atomic E-state index is 4.59. The van der Waals surface area contributed by atoms with Crippen molar-refractivity contribution in [1.82, 2.24) is 9.97 Å². The summed E-state index contributed by atoms with van der Waals surface area (Å²) < 4.78 is 0. The van der Waals surface area contributed by atoms with Gasteiger partial charge in [0, 0.05) is 25.1 Å². The van der Waals surface area contributed by atoms with Gasteiger partial charge in [0.25, 0.3) is 0 Å². The molecule has 100 valence electrons. The smallest absolute Gasteiger partial charge is 0.135 e. The van der Waals surface area contributed by atoms with Crippen LogP contribution in [0.15, 0.2) is 6.07 Å². The van der Waals surface area contributed by atoms with E-state index in [1.807, 2.05) is 13.1 Å². The summed E-state index contributed by atoms with van der Waals surface area (Å²) >= 11 is 0. The monoisotopic (exact) mass is 248 g/mol. The molecule has 1 aromatic rings. The molecule has 2 atom stereocenters. The highest BCUT2D eigenvalue weighted by atomic mass is 15.1. The molecule has 0 aromatic carbocycles. The largest absolute Gasteiger partial charge is 0.373 e. The third-order valence-electron chi connectivity index (χ3n) is 3.43. The van der Waals surface area contributed by atoms with Gasteiger partial charge in [-0.05, 0) is 18.8 Å². The fourth-order valence-corrected chi connectivity index (χ4v) is 2.23. The molecule has 0 aliphatic heterocycles. The van der Waals surface area contributed by atoms with Gasteiger partial charge in [-0.2, -0.15) is 0 Å². The fourth-order valence-electron chi connectivity index (χ4n) is 2.23. The number of aromatic nitrogens is 2. The zero-order valence-corrected chi connectivity index (χ0v) is 11.8. The lowest BCUT2D eigenvalue weighted by atomic mass is 10.2. The summed E-state index contributed by atoms with van der Waals surface area (Å²) in [7, 11) is 1.90. The van der Waals surface area contributed by atoms with E-state index in [0.717, 1.165) is 23.4 Å². The average molecular weight is 248 g/mol. The van der Waals surface area contributed by atoms with Crippen molar-refractivity contribution in [3.63, 3.8) is 0 Å². The number of nitrogens with one attached hydrogen (secondary N) is 2. The second-order valence-corrected chi connectivity index (χ2v) is 5.44. The van der Waals surface area contributed by atoms with Gasteiger partial charge in [0.2, 0.25) is 0 Å². The van der Waals surface area contributed by atoms with Gasteiger partial charge in [-0.25, -0.2) is 9.97 Å². The molecule has 0 saturated heterocycles. The van der Waals surface area contributed by atoms with Crippen molar-refractivity contribution in [2.45, 2.75) is 52.0 Å². The van der Waals surface area contributed by atoms with Crippen LogP contribution in [0, 0.1) is 5.92 Å². The Balaban J connectivity index is 2.06. The zero-order valence-electron chi connectivity index (χ0n) is 11.8. The Kier molecular flexibility index (Phi) is 4.04. The second kappa shape index (κ2) is 5.55. The van der Waals surface area contributed by atoms with Crippen LogP contribution in [-0.4, -0.2) is 23.1 Å². The van der Waals surface area contributed by atoms with E-state index < -0.39 is 0 Å². The Morgan fingerprint density at radius 2 is 2.06 bits per heavy atom. The molecule has 1 fully saturated rings. The molecule has 1 heterocycles. The van der Waals surface area contributed by atoms with Crippen LogP contribution in [0.1, 0.15) is 51.8 Å². The number of hydrogen-bond acceptors (Lipinski definition) is 4. The van der Waals surface area contributed by atoms with Gasteiger partial charge < -0.3 is 10.6 Å². The van der Waals surface area contributed by atoms with Crippen LogP contribution in [0.4, 0.5) is 11.6 Å². The lowest BCUT2D eigenvalue weighted by molar-refractivity contribution is 0.691. The van der Waals surface area contributed by atoms with Crippen LogP contribution in [0.3, 0.4) is 0 Å². The minimum atomic E-state index is 0.351.